The molecule has 3 fully saturated rings. The lowest BCUT2D eigenvalue weighted by atomic mass is 10.0. The zero-order valence-electron chi connectivity index (χ0n) is 16.3. The maximum absolute atomic E-state index is 13.4. The van der Waals surface area contributed by atoms with E-state index in [9.17, 15) is 27.5 Å². The van der Waals surface area contributed by atoms with Crippen molar-refractivity contribution in [2.45, 2.75) is 31.5 Å². The number of rotatable bonds is 6. The number of halogens is 2. The van der Waals surface area contributed by atoms with Gasteiger partial charge in [-0.05, 0) is 42.5 Å². The number of likely N-dealkylation sites (tertiary alicyclic amines) is 1. The van der Waals surface area contributed by atoms with Crippen LogP contribution in [0.15, 0.2) is 18.2 Å². The minimum atomic E-state index is -3.26. The van der Waals surface area contributed by atoms with E-state index in [-0.39, 0.29) is 48.2 Å². The summed E-state index contributed by atoms with van der Waals surface area (Å²) in [6.45, 7) is 2.47. The number of benzene rings is 1. The van der Waals surface area contributed by atoms with E-state index in [2.05, 4.69) is 5.32 Å². The van der Waals surface area contributed by atoms with Crippen molar-refractivity contribution in [3.8, 4) is 0 Å². The van der Waals surface area contributed by atoms with Gasteiger partial charge in [-0.15, -0.1) is 0 Å². The Kier molecular flexibility index (Phi) is 5.32. The highest BCUT2D eigenvalue weighted by atomic mass is 35.5. The Labute approximate surface area is 179 Å². The molecule has 0 spiro atoms. The third-order valence-corrected chi connectivity index (χ3v) is 8.35. The van der Waals surface area contributed by atoms with Crippen molar-refractivity contribution in [1.29, 1.82) is 0 Å². The molecule has 1 aromatic rings. The van der Waals surface area contributed by atoms with E-state index < -0.39 is 33.3 Å². The van der Waals surface area contributed by atoms with Crippen LogP contribution in [0, 0.1) is 17.7 Å². The number of carbonyl (C=O) groups is 2. The molecule has 30 heavy (non-hydrogen) atoms. The van der Waals surface area contributed by atoms with Crippen LogP contribution in [0.2, 0.25) is 5.02 Å². The first-order valence-corrected chi connectivity index (χ1v) is 11.8. The fourth-order valence-electron chi connectivity index (χ4n) is 4.59. The second kappa shape index (κ2) is 7.44. The maximum Gasteiger partial charge on any atom is 0.264 e. The number of hydrogen-bond acceptors (Lipinski definition) is 5. The van der Waals surface area contributed by atoms with Crippen LogP contribution in [0.5, 0.6) is 0 Å². The van der Waals surface area contributed by atoms with Gasteiger partial charge in [0, 0.05) is 43.7 Å². The van der Waals surface area contributed by atoms with E-state index in [0.717, 1.165) is 6.07 Å². The molecule has 3 aliphatic rings. The zero-order valence-corrected chi connectivity index (χ0v) is 17.9. The van der Waals surface area contributed by atoms with Gasteiger partial charge in [0.05, 0.1) is 5.75 Å². The summed E-state index contributed by atoms with van der Waals surface area (Å²) in [6.07, 6.45) is -0.0471. The molecule has 3 atom stereocenters. The molecule has 164 valence electrons. The van der Waals surface area contributed by atoms with Gasteiger partial charge in [0.25, 0.3) is 11.8 Å². The number of fused-ring (bicyclic) bond motifs is 1. The number of sulfonamides is 1. The van der Waals surface area contributed by atoms with Gasteiger partial charge in [-0.3, -0.25) is 9.59 Å². The van der Waals surface area contributed by atoms with Crippen LogP contribution >= 0.6 is 11.6 Å². The quantitative estimate of drug-likeness (QED) is 0.596. The number of hydrogen-bond donors (Lipinski definition) is 2. The molecule has 0 radical (unpaired) electrons. The third-order valence-electron chi connectivity index (χ3n) is 6.31. The molecule has 0 aromatic heterocycles. The van der Waals surface area contributed by atoms with Crippen molar-refractivity contribution in [1.82, 2.24) is 14.5 Å². The van der Waals surface area contributed by atoms with E-state index in [1.54, 1.807) is 6.92 Å². The normalized spacial score (nSPS) is 31.1. The minimum absolute atomic E-state index is 0.0372. The molecule has 11 heteroatoms. The molecule has 2 amide bonds. The van der Waals surface area contributed by atoms with Crippen LogP contribution in [-0.2, 0) is 26.2 Å². The van der Waals surface area contributed by atoms with Gasteiger partial charge in [-0.1, -0.05) is 11.6 Å². The number of carbonyl (C=O) groups excluding carboxylic acids is 2. The first kappa shape index (κ1) is 21.5. The second-order valence-electron chi connectivity index (χ2n) is 8.11. The molecule has 0 bridgehead atoms. The van der Waals surface area contributed by atoms with Crippen LogP contribution < -0.4 is 5.32 Å². The highest BCUT2D eigenvalue weighted by molar-refractivity contribution is 7.89. The Morgan fingerprint density at radius 2 is 2.00 bits per heavy atom. The van der Waals surface area contributed by atoms with Gasteiger partial charge >= 0.3 is 0 Å². The van der Waals surface area contributed by atoms with Crippen LogP contribution in [0.1, 0.15) is 18.9 Å². The molecule has 8 nitrogen and oxygen atoms in total. The van der Waals surface area contributed by atoms with Gasteiger partial charge in [0.2, 0.25) is 15.6 Å². The summed E-state index contributed by atoms with van der Waals surface area (Å²) in [4.78, 5) is 26.9. The summed E-state index contributed by atoms with van der Waals surface area (Å²) in [5, 5.41) is 13.4. The highest BCUT2D eigenvalue weighted by Crippen LogP contribution is 2.51. The van der Waals surface area contributed by atoms with Crippen molar-refractivity contribution >= 4 is 33.4 Å². The van der Waals surface area contributed by atoms with Gasteiger partial charge in [-0.2, -0.15) is 0 Å². The molecule has 2 saturated heterocycles. The lowest BCUT2D eigenvalue weighted by Gasteiger charge is -2.25. The van der Waals surface area contributed by atoms with Gasteiger partial charge in [0.1, 0.15) is 5.82 Å². The van der Waals surface area contributed by atoms with Crippen LogP contribution in [-0.4, -0.2) is 71.6 Å². The molecule has 2 N–H and O–H groups in total. The Morgan fingerprint density at radius 1 is 1.33 bits per heavy atom. The number of amides is 2. The predicted molar refractivity (Wildman–Crippen MR) is 106 cm³/mol. The summed E-state index contributed by atoms with van der Waals surface area (Å²) in [5.41, 5.74) is -1.77. The van der Waals surface area contributed by atoms with E-state index in [4.69, 9.17) is 11.6 Å². The van der Waals surface area contributed by atoms with E-state index in [1.807, 2.05) is 0 Å². The number of aliphatic hydroxyl groups is 1. The fourth-order valence-corrected chi connectivity index (χ4v) is 6.00. The smallest absolute Gasteiger partial charge is 0.264 e. The molecular formula is C19H23ClFN3O5S. The fraction of sp³-hybridized carbons (Fsp3) is 0.579. The zero-order chi connectivity index (χ0) is 21.8. The number of nitrogens with one attached hydrogen (secondary N) is 1. The Hall–Kier alpha value is -1.75. The monoisotopic (exact) mass is 459 g/mol. The molecule has 3 unspecified atom stereocenters. The van der Waals surface area contributed by atoms with Crippen LogP contribution in [0.4, 0.5) is 4.39 Å². The van der Waals surface area contributed by atoms with Crippen molar-refractivity contribution < 1.29 is 27.5 Å². The number of nitrogens with zero attached hydrogens (tertiary/aromatic N) is 2. The Bertz CT molecular complexity index is 974. The van der Waals surface area contributed by atoms with E-state index >= 15 is 0 Å². The molecule has 1 aromatic carbocycles. The van der Waals surface area contributed by atoms with Crippen molar-refractivity contribution in [3.05, 3.63) is 34.6 Å². The molecule has 4 rings (SSSR count). The minimum Gasteiger partial charge on any atom is -0.372 e. The second-order valence-corrected chi connectivity index (χ2v) is 10.8. The average Bonchev–Trinajstić information content (AvgIpc) is 3.01. The molecule has 1 aliphatic carbocycles. The number of piperidine rings is 1. The lowest BCUT2D eigenvalue weighted by molar-refractivity contribution is -0.154. The SMILES string of the molecule is CCS(=O)(=O)N1CC2C(C1)C2N1CCC(O)(C(=O)NCc2cc(F)cc(Cl)c2)C1=O. The van der Waals surface area contributed by atoms with Gasteiger partial charge in [-0.25, -0.2) is 17.1 Å². The molecule has 2 heterocycles. The summed E-state index contributed by atoms with van der Waals surface area (Å²) < 4.78 is 38.9. The van der Waals surface area contributed by atoms with E-state index in [1.165, 1.54) is 21.3 Å². The Balaban J connectivity index is 1.37. The molecule has 1 saturated carbocycles. The molecular weight excluding hydrogens is 437 g/mol. The third kappa shape index (κ3) is 3.59. The van der Waals surface area contributed by atoms with Crippen molar-refractivity contribution in [2.24, 2.45) is 11.8 Å². The lowest BCUT2D eigenvalue weighted by Crippen LogP contribution is -2.53. The van der Waals surface area contributed by atoms with Crippen molar-refractivity contribution in [2.75, 3.05) is 25.4 Å². The largest absolute Gasteiger partial charge is 0.372 e. The molecule has 2 aliphatic heterocycles. The maximum atomic E-state index is 13.4. The summed E-state index contributed by atoms with van der Waals surface area (Å²) >= 11 is 5.79. The first-order chi connectivity index (χ1) is 14.1. The van der Waals surface area contributed by atoms with Gasteiger partial charge < -0.3 is 15.3 Å². The predicted octanol–water partition coefficient (Wildman–Crippen LogP) is 0.339. The highest BCUT2D eigenvalue weighted by Gasteiger charge is 2.65. The topological polar surface area (TPSA) is 107 Å². The Morgan fingerprint density at radius 3 is 2.60 bits per heavy atom. The average molecular weight is 460 g/mol. The van der Waals surface area contributed by atoms with Gasteiger partial charge in [0.15, 0.2) is 0 Å². The summed E-state index contributed by atoms with van der Waals surface area (Å²) in [5.74, 6) is -1.94. The van der Waals surface area contributed by atoms with Crippen molar-refractivity contribution in [3.63, 3.8) is 0 Å². The standard InChI is InChI=1S/C19H23ClFN3O5S/c1-2-30(28,29)23-9-14-15(10-23)16(14)24-4-3-19(27,18(24)26)17(25)22-8-11-5-12(20)7-13(21)6-11/h5-7,14-16,27H,2-4,8-10H2,1H3,(H,22,25). The summed E-state index contributed by atoms with van der Waals surface area (Å²) in [6, 6.07) is 3.68. The van der Waals surface area contributed by atoms with Crippen LogP contribution in [0.3, 0.4) is 0 Å². The first-order valence-electron chi connectivity index (χ1n) is 9.81. The van der Waals surface area contributed by atoms with E-state index in [0.29, 0.717) is 18.7 Å². The van der Waals surface area contributed by atoms with Crippen LogP contribution in [0.25, 0.3) is 0 Å². The summed E-state index contributed by atoms with van der Waals surface area (Å²) in [7, 11) is -3.26.